The van der Waals surface area contributed by atoms with Crippen molar-refractivity contribution < 1.29 is 0 Å². The number of benzene rings is 1. The number of nitrogens with zero attached hydrogens (tertiary/aromatic N) is 1. The smallest absolute Gasteiger partial charge is 0.0233 e. The maximum Gasteiger partial charge on any atom is 0.0233 e. The Morgan fingerprint density at radius 1 is 1.24 bits per heavy atom. The molecule has 1 aliphatic rings. The maximum absolute atomic E-state index is 5.94. The predicted molar refractivity (Wildman–Crippen MR) is 72.7 cm³/mol. The highest BCUT2D eigenvalue weighted by Crippen LogP contribution is 2.40. The summed E-state index contributed by atoms with van der Waals surface area (Å²) in [5, 5.41) is 0. The van der Waals surface area contributed by atoms with E-state index in [1.807, 2.05) is 0 Å². The molecular weight excluding hydrogens is 208 g/mol. The molecule has 1 aromatic carbocycles. The lowest BCUT2D eigenvalue weighted by Gasteiger charge is -2.44. The normalized spacial score (nSPS) is 18.1. The van der Waals surface area contributed by atoms with Crippen LogP contribution in [0.4, 0.5) is 0 Å². The molecule has 17 heavy (non-hydrogen) atoms. The van der Waals surface area contributed by atoms with Gasteiger partial charge in [0.25, 0.3) is 0 Å². The van der Waals surface area contributed by atoms with E-state index in [1.54, 1.807) is 0 Å². The molecule has 1 aliphatic carbocycles. The van der Waals surface area contributed by atoms with Crippen LogP contribution in [0.5, 0.6) is 0 Å². The topological polar surface area (TPSA) is 29.3 Å². The molecule has 1 aromatic rings. The fourth-order valence-electron chi connectivity index (χ4n) is 2.70. The standard InChI is InChI=1S/C15H24N2/c1-2-17(11-14-7-4-3-5-8-14)13-15(12-16)9-6-10-15/h3-5,7-8H,2,6,9-13,16H2,1H3. The first-order valence-corrected chi connectivity index (χ1v) is 6.74. The van der Waals surface area contributed by atoms with E-state index in [1.165, 1.54) is 24.8 Å². The third-order valence-electron chi connectivity index (χ3n) is 4.10. The third kappa shape index (κ3) is 3.08. The van der Waals surface area contributed by atoms with E-state index >= 15 is 0 Å². The Morgan fingerprint density at radius 2 is 1.94 bits per heavy atom. The molecule has 2 rings (SSSR count). The fourth-order valence-corrected chi connectivity index (χ4v) is 2.70. The highest BCUT2D eigenvalue weighted by Gasteiger charge is 2.36. The molecule has 0 aromatic heterocycles. The van der Waals surface area contributed by atoms with Crippen LogP contribution in [0.3, 0.4) is 0 Å². The highest BCUT2D eigenvalue weighted by molar-refractivity contribution is 5.14. The summed E-state index contributed by atoms with van der Waals surface area (Å²) in [7, 11) is 0. The lowest BCUT2D eigenvalue weighted by atomic mass is 9.68. The van der Waals surface area contributed by atoms with Crippen molar-refractivity contribution in [1.82, 2.24) is 4.90 Å². The summed E-state index contributed by atoms with van der Waals surface area (Å²) in [6.07, 6.45) is 3.99. The van der Waals surface area contributed by atoms with Gasteiger partial charge in [0, 0.05) is 13.1 Å². The lowest BCUT2D eigenvalue weighted by Crippen LogP contribution is -2.46. The Labute approximate surface area is 105 Å². The molecule has 0 unspecified atom stereocenters. The van der Waals surface area contributed by atoms with E-state index in [0.717, 1.165) is 26.2 Å². The van der Waals surface area contributed by atoms with E-state index < -0.39 is 0 Å². The largest absolute Gasteiger partial charge is 0.330 e. The fraction of sp³-hybridized carbons (Fsp3) is 0.600. The van der Waals surface area contributed by atoms with Crippen molar-refractivity contribution in [3.63, 3.8) is 0 Å². The molecule has 0 heterocycles. The van der Waals surface area contributed by atoms with Crippen molar-refractivity contribution in [1.29, 1.82) is 0 Å². The van der Waals surface area contributed by atoms with Gasteiger partial charge in [0.2, 0.25) is 0 Å². The molecule has 0 spiro atoms. The van der Waals surface area contributed by atoms with Crippen LogP contribution in [-0.2, 0) is 6.54 Å². The molecule has 0 amide bonds. The van der Waals surface area contributed by atoms with Crippen molar-refractivity contribution in [2.45, 2.75) is 32.7 Å². The van der Waals surface area contributed by atoms with Gasteiger partial charge in [-0.2, -0.15) is 0 Å². The number of hydrogen-bond donors (Lipinski definition) is 1. The quantitative estimate of drug-likeness (QED) is 0.817. The number of rotatable bonds is 6. The van der Waals surface area contributed by atoms with E-state index in [2.05, 4.69) is 42.2 Å². The van der Waals surface area contributed by atoms with Crippen molar-refractivity contribution in [3.8, 4) is 0 Å². The van der Waals surface area contributed by atoms with Crippen LogP contribution < -0.4 is 5.73 Å². The molecule has 1 fully saturated rings. The summed E-state index contributed by atoms with van der Waals surface area (Å²) < 4.78 is 0. The van der Waals surface area contributed by atoms with E-state index in [-0.39, 0.29) is 0 Å². The molecule has 2 nitrogen and oxygen atoms in total. The van der Waals surface area contributed by atoms with E-state index in [4.69, 9.17) is 5.73 Å². The van der Waals surface area contributed by atoms with Crippen LogP contribution in [0.15, 0.2) is 30.3 Å². The average Bonchev–Trinajstić information content (AvgIpc) is 2.33. The van der Waals surface area contributed by atoms with Gasteiger partial charge in [0.15, 0.2) is 0 Å². The van der Waals surface area contributed by atoms with E-state index in [0.29, 0.717) is 5.41 Å². The molecule has 94 valence electrons. The van der Waals surface area contributed by atoms with Gasteiger partial charge in [-0.1, -0.05) is 43.7 Å². The van der Waals surface area contributed by atoms with Crippen LogP contribution in [0, 0.1) is 5.41 Å². The number of nitrogens with two attached hydrogens (primary N) is 1. The molecule has 1 saturated carbocycles. The molecule has 2 N–H and O–H groups in total. The summed E-state index contributed by atoms with van der Waals surface area (Å²) in [5.74, 6) is 0. The minimum Gasteiger partial charge on any atom is -0.330 e. The van der Waals surface area contributed by atoms with Crippen molar-refractivity contribution in [3.05, 3.63) is 35.9 Å². The Bertz CT molecular complexity index is 325. The first-order chi connectivity index (χ1) is 8.28. The zero-order valence-electron chi connectivity index (χ0n) is 10.9. The Hall–Kier alpha value is -0.860. The summed E-state index contributed by atoms with van der Waals surface area (Å²) >= 11 is 0. The Kier molecular flexibility index (Phi) is 4.19. The van der Waals surface area contributed by atoms with Crippen molar-refractivity contribution >= 4 is 0 Å². The number of hydrogen-bond acceptors (Lipinski definition) is 2. The predicted octanol–water partition coefficient (Wildman–Crippen LogP) is 2.64. The van der Waals surface area contributed by atoms with Gasteiger partial charge in [-0.3, -0.25) is 4.90 Å². The van der Waals surface area contributed by atoms with Crippen LogP contribution >= 0.6 is 0 Å². The Morgan fingerprint density at radius 3 is 2.41 bits per heavy atom. The zero-order chi connectivity index (χ0) is 12.1. The van der Waals surface area contributed by atoms with Gasteiger partial charge < -0.3 is 5.73 Å². The summed E-state index contributed by atoms with van der Waals surface area (Å²) in [6, 6.07) is 10.7. The monoisotopic (exact) mass is 232 g/mol. The van der Waals surface area contributed by atoms with Crippen LogP contribution in [0.1, 0.15) is 31.7 Å². The molecule has 0 bridgehead atoms. The van der Waals surface area contributed by atoms with Gasteiger partial charge >= 0.3 is 0 Å². The summed E-state index contributed by atoms with van der Waals surface area (Å²) in [5.41, 5.74) is 7.76. The highest BCUT2D eigenvalue weighted by atomic mass is 15.1. The zero-order valence-corrected chi connectivity index (χ0v) is 10.9. The minimum absolute atomic E-state index is 0.421. The van der Waals surface area contributed by atoms with Crippen LogP contribution in [0.2, 0.25) is 0 Å². The van der Waals surface area contributed by atoms with Gasteiger partial charge in [0.1, 0.15) is 0 Å². The van der Waals surface area contributed by atoms with Gasteiger partial charge in [-0.25, -0.2) is 0 Å². The molecular formula is C15H24N2. The average molecular weight is 232 g/mol. The van der Waals surface area contributed by atoms with Gasteiger partial charge in [0.05, 0.1) is 0 Å². The minimum atomic E-state index is 0.421. The van der Waals surface area contributed by atoms with Crippen molar-refractivity contribution in [2.75, 3.05) is 19.6 Å². The first-order valence-electron chi connectivity index (χ1n) is 6.74. The first kappa shape index (κ1) is 12.6. The molecule has 2 heteroatoms. The second kappa shape index (κ2) is 5.65. The van der Waals surface area contributed by atoms with Crippen molar-refractivity contribution in [2.24, 2.45) is 11.1 Å². The lowest BCUT2D eigenvalue weighted by molar-refractivity contribution is 0.0736. The summed E-state index contributed by atoms with van der Waals surface area (Å²) in [4.78, 5) is 2.53. The Balaban J connectivity index is 1.93. The van der Waals surface area contributed by atoms with Crippen LogP contribution in [0.25, 0.3) is 0 Å². The molecule has 0 saturated heterocycles. The SMILES string of the molecule is CCN(Cc1ccccc1)CC1(CN)CCC1. The van der Waals surface area contributed by atoms with Gasteiger partial charge in [-0.15, -0.1) is 0 Å². The molecule has 0 radical (unpaired) electrons. The van der Waals surface area contributed by atoms with Crippen LogP contribution in [-0.4, -0.2) is 24.5 Å². The van der Waals surface area contributed by atoms with Gasteiger partial charge in [-0.05, 0) is 36.9 Å². The third-order valence-corrected chi connectivity index (χ3v) is 4.10. The molecule has 0 aliphatic heterocycles. The molecule has 0 atom stereocenters. The van der Waals surface area contributed by atoms with E-state index in [9.17, 15) is 0 Å². The summed E-state index contributed by atoms with van der Waals surface area (Å²) in [6.45, 7) is 6.41. The second-order valence-corrected chi connectivity index (χ2v) is 5.35. The second-order valence-electron chi connectivity index (χ2n) is 5.35. The maximum atomic E-state index is 5.94.